The molecule has 3 heterocycles. The summed E-state index contributed by atoms with van der Waals surface area (Å²) in [6.07, 6.45) is 6.08. The monoisotopic (exact) mass is 334 g/mol. The first-order valence-corrected chi connectivity index (χ1v) is 8.30. The summed E-state index contributed by atoms with van der Waals surface area (Å²) in [6, 6.07) is 11.6. The van der Waals surface area contributed by atoms with Crippen molar-refractivity contribution in [3.63, 3.8) is 0 Å². The van der Waals surface area contributed by atoms with Crippen molar-refractivity contribution in [1.82, 2.24) is 14.8 Å². The first-order chi connectivity index (χ1) is 12.3. The number of aromatic nitrogens is 3. The Hall–Kier alpha value is -3.15. The number of anilines is 1. The summed E-state index contributed by atoms with van der Waals surface area (Å²) in [5.41, 5.74) is 3.19. The van der Waals surface area contributed by atoms with E-state index in [0.29, 0.717) is 24.6 Å². The lowest BCUT2D eigenvalue weighted by atomic mass is 10.2. The summed E-state index contributed by atoms with van der Waals surface area (Å²) >= 11 is 0. The molecule has 1 aliphatic heterocycles. The number of pyridine rings is 1. The van der Waals surface area contributed by atoms with Gasteiger partial charge in [-0.15, -0.1) is 0 Å². The maximum absolute atomic E-state index is 13.1. The van der Waals surface area contributed by atoms with Crippen LogP contribution in [-0.2, 0) is 6.42 Å². The fraction of sp³-hybridized carbons (Fsp3) is 0.211. The summed E-state index contributed by atoms with van der Waals surface area (Å²) in [6.45, 7) is 3.00. The third-order valence-corrected chi connectivity index (χ3v) is 4.22. The number of carbonyl (C=O) groups excluding carboxylic acids is 1. The van der Waals surface area contributed by atoms with E-state index in [1.165, 1.54) is 0 Å². The maximum atomic E-state index is 13.1. The van der Waals surface area contributed by atoms with Gasteiger partial charge in [-0.2, -0.15) is 5.10 Å². The van der Waals surface area contributed by atoms with Crippen LogP contribution in [0.1, 0.15) is 23.0 Å². The number of hydrogen-bond donors (Lipinski definition) is 0. The van der Waals surface area contributed by atoms with E-state index in [4.69, 9.17) is 4.74 Å². The minimum Gasteiger partial charge on any atom is -0.490 e. The molecule has 3 aromatic rings. The fourth-order valence-corrected chi connectivity index (χ4v) is 3.05. The second kappa shape index (κ2) is 6.39. The molecule has 4 rings (SSSR count). The topological polar surface area (TPSA) is 60.3 Å². The highest BCUT2D eigenvalue weighted by molar-refractivity contribution is 6.07. The molecule has 1 aliphatic rings. The number of nitrogens with zero attached hydrogens (tertiary/aromatic N) is 4. The largest absolute Gasteiger partial charge is 0.490 e. The molecule has 0 unspecified atom stereocenters. The van der Waals surface area contributed by atoms with E-state index in [1.54, 1.807) is 22.0 Å². The second-order valence-corrected chi connectivity index (χ2v) is 5.77. The Balaban J connectivity index is 1.72. The number of fused-ring (bicyclic) bond motifs is 1. The van der Waals surface area contributed by atoms with Crippen LogP contribution in [0.3, 0.4) is 0 Å². The van der Waals surface area contributed by atoms with Crippen LogP contribution in [0.5, 0.6) is 5.75 Å². The van der Waals surface area contributed by atoms with Crippen LogP contribution in [-0.4, -0.2) is 33.8 Å². The van der Waals surface area contributed by atoms with Crippen LogP contribution < -0.4 is 9.64 Å². The Morgan fingerprint density at radius 3 is 2.88 bits per heavy atom. The molecule has 2 aromatic heterocycles. The highest BCUT2D eigenvalue weighted by atomic mass is 16.5. The Morgan fingerprint density at radius 1 is 1.24 bits per heavy atom. The lowest BCUT2D eigenvalue weighted by Crippen LogP contribution is -2.29. The molecule has 126 valence electrons. The molecule has 0 saturated carbocycles. The molecule has 6 nitrogen and oxygen atoms in total. The minimum absolute atomic E-state index is 0.150. The quantitative estimate of drug-likeness (QED) is 0.736. The van der Waals surface area contributed by atoms with E-state index in [0.717, 1.165) is 23.4 Å². The van der Waals surface area contributed by atoms with Gasteiger partial charge < -0.3 is 9.64 Å². The van der Waals surface area contributed by atoms with Gasteiger partial charge >= 0.3 is 0 Å². The summed E-state index contributed by atoms with van der Waals surface area (Å²) < 4.78 is 7.35. The molecule has 0 aliphatic carbocycles. The molecule has 1 amide bonds. The second-order valence-electron chi connectivity index (χ2n) is 5.77. The highest BCUT2D eigenvalue weighted by Gasteiger charge is 2.30. The van der Waals surface area contributed by atoms with Crippen molar-refractivity contribution in [3.8, 4) is 11.4 Å². The van der Waals surface area contributed by atoms with Crippen LogP contribution >= 0.6 is 0 Å². The van der Waals surface area contributed by atoms with Gasteiger partial charge in [-0.1, -0.05) is 18.2 Å². The molecule has 6 heteroatoms. The van der Waals surface area contributed by atoms with E-state index < -0.39 is 0 Å². The molecule has 0 fully saturated rings. The van der Waals surface area contributed by atoms with Gasteiger partial charge in [-0.05, 0) is 37.1 Å². The Labute approximate surface area is 145 Å². The van der Waals surface area contributed by atoms with Crippen LogP contribution in [0.2, 0.25) is 0 Å². The van der Waals surface area contributed by atoms with E-state index >= 15 is 0 Å². The van der Waals surface area contributed by atoms with Gasteiger partial charge in [-0.3, -0.25) is 9.78 Å². The third-order valence-electron chi connectivity index (χ3n) is 4.22. The van der Waals surface area contributed by atoms with Crippen LogP contribution in [0.15, 0.2) is 55.0 Å². The van der Waals surface area contributed by atoms with Crippen LogP contribution in [0.4, 0.5) is 5.69 Å². The highest BCUT2D eigenvalue weighted by Crippen LogP contribution is 2.30. The van der Waals surface area contributed by atoms with Crippen LogP contribution in [0, 0.1) is 0 Å². The Bertz CT molecular complexity index is 905. The summed E-state index contributed by atoms with van der Waals surface area (Å²) in [7, 11) is 0. The number of para-hydroxylation sites is 1. The average molecular weight is 334 g/mol. The predicted octanol–water partition coefficient (Wildman–Crippen LogP) is 2.87. The molecule has 0 radical (unpaired) electrons. The van der Waals surface area contributed by atoms with Gasteiger partial charge in [0.2, 0.25) is 0 Å². The minimum atomic E-state index is -0.150. The zero-order chi connectivity index (χ0) is 17.2. The summed E-state index contributed by atoms with van der Waals surface area (Å²) in [4.78, 5) is 19.0. The number of ether oxygens (including phenoxy) is 1. The molecule has 0 saturated heterocycles. The first-order valence-electron chi connectivity index (χ1n) is 8.30. The Morgan fingerprint density at radius 2 is 2.08 bits per heavy atom. The first kappa shape index (κ1) is 15.4. The molecule has 0 bridgehead atoms. The van der Waals surface area contributed by atoms with E-state index in [9.17, 15) is 4.79 Å². The smallest absolute Gasteiger partial charge is 0.282 e. The van der Waals surface area contributed by atoms with Gasteiger partial charge in [0, 0.05) is 18.9 Å². The molecular weight excluding hydrogens is 316 g/mol. The van der Waals surface area contributed by atoms with Crippen molar-refractivity contribution in [2.75, 3.05) is 18.1 Å². The van der Waals surface area contributed by atoms with E-state index in [2.05, 4.69) is 10.1 Å². The number of carbonyl (C=O) groups is 1. The number of hydrogen-bond acceptors (Lipinski definition) is 4. The number of amides is 1. The molecule has 1 aromatic carbocycles. The Kier molecular flexibility index (Phi) is 3.93. The SMILES string of the molecule is CCOc1cn(-c2ccccc2)nc1C(=O)N1CCc2cnccc21. The normalized spacial score (nSPS) is 12.9. The van der Waals surface area contributed by atoms with Crippen LogP contribution in [0.25, 0.3) is 5.69 Å². The predicted molar refractivity (Wildman–Crippen MR) is 94.4 cm³/mol. The van der Waals surface area contributed by atoms with Gasteiger partial charge in [-0.25, -0.2) is 4.68 Å². The van der Waals surface area contributed by atoms with Crippen molar-refractivity contribution < 1.29 is 9.53 Å². The number of benzene rings is 1. The number of rotatable bonds is 4. The standard InChI is InChI=1S/C19H18N4O2/c1-2-25-17-13-23(15-6-4-3-5-7-15)21-18(17)19(24)22-11-9-14-12-20-10-8-16(14)22/h3-8,10,12-13H,2,9,11H2,1H3. The van der Waals surface area contributed by atoms with Gasteiger partial charge in [0.1, 0.15) is 0 Å². The lowest BCUT2D eigenvalue weighted by molar-refractivity contribution is 0.0980. The third kappa shape index (κ3) is 2.76. The molecule has 0 atom stereocenters. The molecule has 0 spiro atoms. The van der Waals surface area contributed by atoms with Crippen molar-refractivity contribution in [2.45, 2.75) is 13.3 Å². The van der Waals surface area contributed by atoms with E-state index in [1.807, 2.05) is 49.5 Å². The van der Waals surface area contributed by atoms with Crippen molar-refractivity contribution >= 4 is 11.6 Å². The van der Waals surface area contributed by atoms with Gasteiger partial charge in [0.05, 0.1) is 24.2 Å². The molecule has 0 N–H and O–H groups in total. The zero-order valence-corrected chi connectivity index (χ0v) is 13.9. The lowest BCUT2D eigenvalue weighted by Gasteiger charge is -2.16. The van der Waals surface area contributed by atoms with Gasteiger partial charge in [0.15, 0.2) is 11.4 Å². The average Bonchev–Trinajstić information content (AvgIpc) is 3.27. The molecule has 25 heavy (non-hydrogen) atoms. The molecular formula is C19H18N4O2. The van der Waals surface area contributed by atoms with Gasteiger partial charge in [0.25, 0.3) is 5.91 Å². The van der Waals surface area contributed by atoms with Crippen molar-refractivity contribution in [1.29, 1.82) is 0 Å². The summed E-state index contributed by atoms with van der Waals surface area (Å²) in [5, 5.41) is 4.50. The van der Waals surface area contributed by atoms with Crippen molar-refractivity contribution in [3.05, 3.63) is 66.2 Å². The van der Waals surface area contributed by atoms with Crippen molar-refractivity contribution in [2.24, 2.45) is 0 Å². The zero-order valence-electron chi connectivity index (χ0n) is 13.9. The maximum Gasteiger partial charge on any atom is 0.282 e. The summed E-state index contributed by atoms with van der Waals surface area (Å²) in [5.74, 6) is 0.349. The van der Waals surface area contributed by atoms with E-state index in [-0.39, 0.29) is 5.91 Å². The fourth-order valence-electron chi connectivity index (χ4n) is 3.05.